The normalized spacial score (nSPS) is 12.9. The van der Waals surface area contributed by atoms with E-state index in [2.05, 4.69) is 29.1 Å². The Morgan fingerprint density at radius 2 is 2.07 bits per heavy atom. The largest absolute Gasteiger partial charge is 0.465 e. The minimum absolute atomic E-state index is 0.0613. The number of benzene rings is 2. The maximum Gasteiger partial charge on any atom is 0.340 e. The molecule has 0 spiro atoms. The second kappa shape index (κ2) is 6.96. The Bertz CT molecular complexity index is 1030. The number of aryl methyl sites for hydroxylation is 1. The topological polar surface area (TPSA) is 56.2 Å². The smallest absolute Gasteiger partial charge is 0.340 e. The molecule has 1 N–H and O–H groups in total. The number of nitrogens with one attached hydrogen (secondary N) is 1. The van der Waals surface area contributed by atoms with Gasteiger partial charge in [-0.2, -0.15) is 5.10 Å². The van der Waals surface area contributed by atoms with Crippen molar-refractivity contribution in [2.24, 2.45) is 0 Å². The van der Waals surface area contributed by atoms with E-state index in [1.807, 2.05) is 16.8 Å². The molecule has 0 saturated carbocycles. The Morgan fingerprint density at radius 1 is 1.26 bits per heavy atom. The summed E-state index contributed by atoms with van der Waals surface area (Å²) in [7, 11) is 1.25. The van der Waals surface area contributed by atoms with Crippen molar-refractivity contribution in [3.05, 3.63) is 76.2 Å². The van der Waals surface area contributed by atoms with E-state index in [-0.39, 0.29) is 5.56 Å². The lowest BCUT2D eigenvalue weighted by Crippen LogP contribution is -2.11. The van der Waals surface area contributed by atoms with E-state index < -0.39 is 11.8 Å². The summed E-state index contributed by atoms with van der Waals surface area (Å²) in [6, 6.07) is 12.7. The molecule has 4 rings (SSSR count). The van der Waals surface area contributed by atoms with Gasteiger partial charge in [-0.3, -0.25) is 4.68 Å². The minimum atomic E-state index is -0.680. The zero-order valence-electron chi connectivity index (χ0n) is 15.3. The van der Waals surface area contributed by atoms with Gasteiger partial charge in [-0.1, -0.05) is 30.3 Å². The van der Waals surface area contributed by atoms with Gasteiger partial charge in [0.1, 0.15) is 5.82 Å². The number of rotatable bonds is 4. The lowest BCUT2D eigenvalue weighted by atomic mass is 10.0. The lowest BCUT2D eigenvalue weighted by molar-refractivity contribution is 0.0595. The van der Waals surface area contributed by atoms with Gasteiger partial charge in [0, 0.05) is 24.2 Å². The van der Waals surface area contributed by atoms with E-state index >= 15 is 0 Å². The summed E-state index contributed by atoms with van der Waals surface area (Å²) in [6.07, 6.45) is 0. The molecule has 0 amide bonds. The van der Waals surface area contributed by atoms with Crippen molar-refractivity contribution in [1.82, 2.24) is 15.1 Å². The molecule has 2 aromatic carbocycles. The van der Waals surface area contributed by atoms with Crippen molar-refractivity contribution < 1.29 is 13.9 Å². The molecular weight excluding hydrogens is 345 g/mol. The van der Waals surface area contributed by atoms with E-state index in [0.717, 1.165) is 35.6 Å². The summed E-state index contributed by atoms with van der Waals surface area (Å²) in [4.78, 5) is 11.8. The van der Waals surface area contributed by atoms with Crippen LogP contribution in [0.4, 0.5) is 4.39 Å². The average molecular weight is 365 g/mol. The quantitative estimate of drug-likeness (QED) is 0.720. The van der Waals surface area contributed by atoms with Crippen molar-refractivity contribution >= 4 is 5.97 Å². The highest BCUT2D eigenvalue weighted by atomic mass is 19.1. The van der Waals surface area contributed by atoms with E-state index in [9.17, 15) is 9.18 Å². The molecule has 5 nitrogen and oxygen atoms in total. The number of halogens is 1. The van der Waals surface area contributed by atoms with Crippen LogP contribution >= 0.6 is 0 Å². The summed E-state index contributed by atoms with van der Waals surface area (Å²) in [6.45, 7) is 4.03. The van der Waals surface area contributed by atoms with Crippen LogP contribution in [-0.2, 0) is 24.4 Å². The number of hydrogen-bond donors (Lipinski definition) is 1. The Morgan fingerprint density at radius 3 is 2.85 bits per heavy atom. The van der Waals surface area contributed by atoms with Gasteiger partial charge in [-0.15, -0.1) is 0 Å². The van der Waals surface area contributed by atoms with Crippen LogP contribution in [0.2, 0.25) is 0 Å². The first-order chi connectivity index (χ1) is 13.1. The maximum absolute atomic E-state index is 13.9. The third kappa shape index (κ3) is 3.13. The Balaban J connectivity index is 1.78. The van der Waals surface area contributed by atoms with Crippen LogP contribution in [0.5, 0.6) is 0 Å². The minimum Gasteiger partial charge on any atom is -0.465 e. The van der Waals surface area contributed by atoms with Crippen molar-refractivity contribution in [2.75, 3.05) is 7.11 Å². The fraction of sp³-hybridized carbons (Fsp3) is 0.238. The highest BCUT2D eigenvalue weighted by Crippen LogP contribution is 2.32. The zero-order valence-corrected chi connectivity index (χ0v) is 15.3. The summed E-state index contributed by atoms with van der Waals surface area (Å²) < 4.78 is 20.6. The van der Waals surface area contributed by atoms with Gasteiger partial charge < -0.3 is 10.1 Å². The highest BCUT2D eigenvalue weighted by molar-refractivity contribution is 5.89. The number of carbonyl (C=O) groups excluding carboxylic acids is 1. The van der Waals surface area contributed by atoms with Gasteiger partial charge in [-0.25, -0.2) is 9.18 Å². The van der Waals surface area contributed by atoms with E-state index in [4.69, 9.17) is 5.10 Å². The molecule has 0 radical (unpaired) electrons. The molecule has 0 unspecified atom stereocenters. The molecule has 6 heteroatoms. The molecule has 138 valence electrons. The monoisotopic (exact) mass is 365 g/mol. The van der Waals surface area contributed by atoms with Crippen molar-refractivity contribution in [3.63, 3.8) is 0 Å². The van der Waals surface area contributed by atoms with Crippen LogP contribution < -0.4 is 5.32 Å². The average Bonchev–Trinajstić information content (AvgIpc) is 3.24. The Hall–Kier alpha value is -2.99. The summed E-state index contributed by atoms with van der Waals surface area (Å²) >= 11 is 0. The van der Waals surface area contributed by atoms with E-state index in [1.54, 1.807) is 6.07 Å². The molecule has 0 bridgehead atoms. The highest BCUT2D eigenvalue weighted by Gasteiger charge is 2.24. The van der Waals surface area contributed by atoms with Crippen LogP contribution in [0, 0.1) is 12.7 Å². The van der Waals surface area contributed by atoms with Crippen molar-refractivity contribution in [3.8, 4) is 11.3 Å². The zero-order chi connectivity index (χ0) is 19.0. The molecule has 0 saturated heterocycles. The Kier molecular flexibility index (Phi) is 4.49. The number of ether oxygens (including phenoxy) is 1. The van der Waals surface area contributed by atoms with Crippen LogP contribution in [-0.4, -0.2) is 22.9 Å². The molecule has 0 aliphatic carbocycles. The summed E-state index contributed by atoms with van der Waals surface area (Å²) in [5.41, 5.74) is 6.32. The number of fused-ring (bicyclic) bond motifs is 1. The van der Waals surface area contributed by atoms with Gasteiger partial charge in [0.15, 0.2) is 0 Å². The first kappa shape index (κ1) is 17.4. The van der Waals surface area contributed by atoms with E-state index in [1.165, 1.54) is 30.4 Å². The van der Waals surface area contributed by atoms with Gasteiger partial charge in [0.25, 0.3) is 0 Å². The van der Waals surface area contributed by atoms with Crippen LogP contribution in [0.25, 0.3) is 11.3 Å². The molecule has 0 atom stereocenters. The summed E-state index contributed by atoms with van der Waals surface area (Å²) in [5.74, 6) is -1.27. The first-order valence-corrected chi connectivity index (χ1v) is 8.80. The fourth-order valence-electron chi connectivity index (χ4n) is 3.55. The second-order valence-electron chi connectivity index (χ2n) is 6.66. The molecule has 1 aliphatic heterocycles. The number of hydrogen-bond acceptors (Lipinski definition) is 4. The molecule has 2 heterocycles. The van der Waals surface area contributed by atoms with Gasteiger partial charge in [0.05, 0.1) is 30.6 Å². The van der Waals surface area contributed by atoms with Crippen LogP contribution in [0.1, 0.15) is 32.7 Å². The van der Waals surface area contributed by atoms with E-state index in [0.29, 0.717) is 6.54 Å². The molecule has 3 aromatic rings. The molecule has 1 aliphatic rings. The fourth-order valence-corrected chi connectivity index (χ4v) is 3.55. The van der Waals surface area contributed by atoms with Crippen LogP contribution in [0.3, 0.4) is 0 Å². The molecule has 27 heavy (non-hydrogen) atoms. The van der Waals surface area contributed by atoms with Crippen molar-refractivity contribution in [2.45, 2.75) is 26.6 Å². The maximum atomic E-state index is 13.9. The first-order valence-electron chi connectivity index (χ1n) is 8.80. The number of aromatic nitrogens is 2. The summed E-state index contributed by atoms with van der Waals surface area (Å²) in [5, 5.41) is 8.11. The third-order valence-corrected chi connectivity index (χ3v) is 4.90. The second-order valence-corrected chi connectivity index (χ2v) is 6.66. The van der Waals surface area contributed by atoms with Gasteiger partial charge in [-0.05, 0) is 30.2 Å². The van der Waals surface area contributed by atoms with Gasteiger partial charge >= 0.3 is 5.97 Å². The van der Waals surface area contributed by atoms with Crippen molar-refractivity contribution in [1.29, 1.82) is 0 Å². The number of nitrogens with zero attached hydrogens (tertiary/aromatic N) is 2. The SMILES string of the molecule is COC(=O)c1cc(Cn2nc3c(c2-c2ccccc2C)CNC3)ccc1F. The van der Waals surface area contributed by atoms with Crippen LogP contribution in [0.15, 0.2) is 42.5 Å². The third-order valence-electron chi connectivity index (χ3n) is 4.90. The standard InChI is InChI=1S/C21H20FN3O2/c1-13-5-3-4-6-15(13)20-17-10-23-11-19(17)24-25(20)12-14-7-8-18(22)16(9-14)21(26)27-2/h3-9,23H,10-12H2,1-2H3. The Labute approximate surface area is 156 Å². The lowest BCUT2D eigenvalue weighted by Gasteiger charge is -2.13. The number of esters is 1. The number of methoxy groups -OCH3 is 1. The number of carbonyl (C=O) groups is 1. The predicted molar refractivity (Wildman–Crippen MR) is 99.8 cm³/mol. The predicted octanol–water partition coefficient (Wildman–Crippen LogP) is 3.44. The van der Waals surface area contributed by atoms with Gasteiger partial charge in [0.2, 0.25) is 0 Å². The molecular formula is C21H20FN3O2. The molecule has 0 fully saturated rings. The molecule has 1 aromatic heterocycles.